The number of fused-ring (bicyclic) bond motifs is 2. The van der Waals surface area contributed by atoms with E-state index >= 15 is 0 Å². The Morgan fingerprint density at radius 2 is 2.10 bits per heavy atom. The lowest BCUT2D eigenvalue weighted by molar-refractivity contribution is -0.121. The maximum atomic E-state index is 12.7. The predicted octanol–water partition coefficient (Wildman–Crippen LogP) is 1.87. The number of rotatable bonds is 5. The van der Waals surface area contributed by atoms with E-state index in [4.69, 9.17) is 15.9 Å². The fraction of sp³-hybridized carbons (Fsp3) is 0.429. The topological polar surface area (TPSA) is 147 Å². The van der Waals surface area contributed by atoms with Crippen molar-refractivity contribution in [2.45, 2.75) is 51.1 Å². The van der Waals surface area contributed by atoms with Crippen molar-refractivity contribution in [3.8, 4) is 11.5 Å². The standard InChI is InChI=1S/C21H27N7O3/c1-12-2-7-16-15(10-12)26-19-17(31-16)11-28(21(30)27-19)14-5-3-13(4-6-14)25-18(29)8-9-24-20(22)23/h2,7,10-11,13-14H,3-6,8-9H2,1H3,(H,25,29)(H4,22,23,24)(H,26,27,30). The van der Waals surface area contributed by atoms with Crippen molar-refractivity contribution in [3.63, 3.8) is 0 Å². The Balaban J connectivity index is 1.37. The van der Waals surface area contributed by atoms with Crippen LogP contribution in [0.15, 0.2) is 29.2 Å². The number of amides is 1. The largest absolute Gasteiger partial charge is 0.450 e. The molecule has 1 aromatic carbocycles. The third-order valence-corrected chi connectivity index (χ3v) is 5.65. The smallest absolute Gasteiger partial charge is 0.350 e. The van der Waals surface area contributed by atoms with Crippen LogP contribution < -0.4 is 32.1 Å². The van der Waals surface area contributed by atoms with Gasteiger partial charge in [-0.25, -0.2) is 4.79 Å². The molecular formula is C21H27N7O3. The molecule has 2 heterocycles. The first kappa shape index (κ1) is 20.7. The van der Waals surface area contributed by atoms with E-state index in [0.29, 0.717) is 23.9 Å². The van der Waals surface area contributed by atoms with E-state index in [2.05, 4.69) is 20.9 Å². The van der Waals surface area contributed by atoms with E-state index in [0.717, 1.165) is 36.9 Å². The number of ether oxygens (including phenoxy) is 1. The Kier molecular flexibility index (Phi) is 5.79. The van der Waals surface area contributed by atoms with Crippen LogP contribution in [0.2, 0.25) is 0 Å². The molecule has 1 aliphatic carbocycles. The lowest BCUT2D eigenvalue weighted by atomic mass is 9.91. The van der Waals surface area contributed by atoms with Crippen molar-refractivity contribution in [3.05, 3.63) is 40.4 Å². The number of guanidine groups is 1. The Labute approximate surface area is 179 Å². The molecule has 31 heavy (non-hydrogen) atoms. The molecule has 0 spiro atoms. The highest BCUT2D eigenvalue weighted by atomic mass is 16.5. The first-order valence-corrected chi connectivity index (χ1v) is 10.4. The van der Waals surface area contributed by atoms with Crippen LogP contribution in [0.3, 0.4) is 0 Å². The second kappa shape index (κ2) is 8.66. The van der Waals surface area contributed by atoms with Gasteiger partial charge in [-0.1, -0.05) is 6.07 Å². The van der Waals surface area contributed by atoms with Gasteiger partial charge in [-0.3, -0.25) is 14.8 Å². The van der Waals surface area contributed by atoms with E-state index in [9.17, 15) is 9.59 Å². The van der Waals surface area contributed by atoms with E-state index < -0.39 is 0 Å². The molecule has 164 valence electrons. The summed E-state index contributed by atoms with van der Waals surface area (Å²) in [6.07, 6.45) is 5.08. The number of hydrogen-bond donors (Lipinski definition) is 5. The summed E-state index contributed by atoms with van der Waals surface area (Å²) in [5.41, 5.74) is 6.79. The van der Waals surface area contributed by atoms with E-state index in [-0.39, 0.29) is 36.1 Å². The molecule has 1 amide bonds. The highest BCUT2D eigenvalue weighted by molar-refractivity contribution is 5.78. The van der Waals surface area contributed by atoms with Gasteiger partial charge in [0.05, 0.1) is 11.9 Å². The molecular weight excluding hydrogens is 398 g/mol. The molecule has 0 radical (unpaired) electrons. The van der Waals surface area contributed by atoms with Crippen molar-refractivity contribution in [1.82, 2.24) is 20.2 Å². The summed E-state index contributed by atoms with van der Waals surface area (Å²) < 4.78 is 7.62. The summed E-state index contributed by atoms with van der Waals surface area (Å²) in [5, 5.41) is 15.9. The Bertz CT molecular complexity index is 1060. The van der Waals surface area contributed by atoms with Crippen LogP contribution in [0.4, 0.5) is 11.5 Å². The molecule has 1 aliphatic heterocycles. The molecule has 10 heteroatoms. The van der Waals surface area contributed by atoms with Crippen LogP contribution in [0, 0.1) is 12.3 Å². The van der Waals surface area contributed by atoms with Gasteiger partial charge in [0.2, 0.25) is 5.91 Å². The highest BCUT2D eigenvalue weighted by Gasteiger charge is 2.26. The Morgan fingerprint density at radius 3 is 2.84 bits per heavy atom. The molecule has 0 bridgehead atoms. The summed E-state index contributed by atoms with van der Waals surface area (Å²) in [4.78, 5) is 28.9. The van der Waals surface area contributed by atoms with Gasteiger partial charge in [0.15, 0.2) is 23.3 Å². The molecule has 0 saturated heterocycles. The SMILES string of the molecule is Cc1ccc2c(c1)Nc1nc(=O)n(C3CCC(NC(=O)CCNC(=N)N)CC3)cc1O2. The van der Waals surface area contributed by atoms with Gasteiger partial charge in [-0.2, -0.15) is 4.98 Å². The number of nitrogens with zero attached hydrogens (tertiary/aromatic N) is 2. The molecule has 10 nitrogen and oxygen atoms in total. The van der Waals surface area contributed by atoms with E-state index in [1.807, 2.05) is 25.1 Å². The maximum Gasteiger partial charge on any atom is 0.350 e. The molecule has 1 aromatic heterocycles. The molecule has 4 rings (SSSR count). The summed E-state index contributed by atoms with van der Waals surface area (Å²) in [6.45, 7) is 2.33. The van der Waals surface area contributed by atoms with Crippen LogP contribution >= 0.6 is 0 Å². The lowest BCUT2D eigenvalue weighted by Gasteiger charge is -2.31. The summed E-state index contributed by atoms with van der Waals surface area (Å²) in [6, 6.07) is 5.92. The third kappa shape index (κ3) is 4.79. The number of aryl methyl sites for hydroxylation is 1. The Morgan fingerprint density at radius 1 is 1.32 bits per heavy atom. The van der Waals surface area contributed by atoms with Gasteiger partial charge >= 0.3 is 5.69 Å². The van der Waals surface area contributed by atoms with Gasteiger partial charge in [-0.15, -0.1) is 0 Å². The summed E-state index contributed by atoms with van der Waals surface area (Å²) >= 11 is 0. The zero-order valence-corrected chi connectivity index (χ0v) is 17.4. The van der Waals surface area contributed by atoms with Gasteiger partial charge in [0, 0.05) is 25.0 Å². The van der Waals surface area contributed by atoms with Crippen molar-refractivity contribution >= 4 is 23.4 Å². The van der Waals surface area contributed by atoms with Crippen LogP contribution in [0.1, 0.15) is 43.7 Å². The van der Waals surface area contributed by atoms with Crippen molar-refractivity contribution in [2.75, 3.05) is 11.9 Å². The zero-order valence-electron chi connectivity index (χ0n) is 17.4. The average Bonchev–Trinajstić information content (AvgIpc) is 2.72. The lowest BCUT2D eigenvalue weighted by Crippen LogP contribution is -2.41. The number of nitrogens with one attached hydrogen (secondary N) is 4. The molecule has 2 aliphatic rings. The van der Waals surface area contributed by atoms with Gasteiger partial charge < -0.3 is 26.4 Å². The quantitative estimate of drug-likeness (QED) is 0.310. The second-order valence-corrected chi connectivity index (χ2v) is 8.03. The summed E-state index contributed by atoms with van der Waals surface area (Å²) in [5.74, 6) is 1.45. The van der Waals surface area contributed by atoms with Crippen LogP contribution in [0.5, 0.6) is 11.5 Å². The minimum Gasteiger partial charge on any atom is -0.450 e. The zero-order chi connectivity index (χ0) is 22.0. The number of hydrogen-bond acceptors (Lipinski definition) is 6. The number of benzene rings is 1. The molecule has 0 unspecified atom stereocenters. The molecule has 1 saturated carbocycles. The van der Waals surface area contributed by atoms with Gasteiger partial charge in [0.25, 0.3) is 0 Å². The normalized spacial score (nSPS) is 19.3. The number of aromatic nitrogens is 2. The molecule has 1 fully saturated rings. The van der Waals surface area contributed by atoms with Crippen LogP contribution in [0.25, 0.3) is 0 Å². The average molecular weight is 425 g/mol. The second-order valence-electron chi connectivity index (χ2n) is 8.03. The Hall–Kier alpha value is -3.56. The molecule has 6 N–H and O–H groups in total. The third-order valence-electron chi connectivity index (χ3n) is 5.65. The first-order valence-electron chi connectivity index (χ1n) is 10.4. The van der Waals surface area contributed by atoms with E-state index in [1.165, 1.54) is 0 Å². The van der Waals surface area contributed by atoms with Crippen molar-refractivity contribution < 1.29 is 9.53 Å². The van der Waals surface area contributed by atoms with Gasteiger partial charge in [0.1, 0.15) is 0 Å². The highest BCUT2D eigenvalue weighted by Crippen LogP contribution is 2.41. The minimum atomic E-state index is -0.311. The predicted molar refractivity (Wildman–Crippen MR) is 117 cm³/mol. The van der Waals surface area contributed by atoms with Crippen molar-refractivity contribution in [1.29, 1.82) is 5.41 Å². The number of nitrogens with two attached hydrogens (primary N) is 1. The van der Waals surface area contributed by atoms with Crippen molar-refractivity contribution in [2.24, 2.45) is 5.73 Å². The fourth-order valence-corrected chi connectivity index (χ4v) is 4.06. The van der Waals surface area contributed by atoms with Gasteiger partial charge in [-0.05, 0) is 50.3 Å². The maximum absolute atomic E-state index is 12.7. The molecule has 2 aromatic rings. The molecule has 0 atom stereocenters. The summed E-state index contributed by atoms with van der Waals surface area (Å²) in [7, 11) is 0. The minimum absolute atomic E-state index is 0.0147. The van der Waals surface area contributed by atoms with Crippen LogP contribution in [-0.4, -0.2) is 34.0 Å². The fourth-order valence-electron chi connectivity index (χ4n) is 4.06. The number of carbonyl (C=O) groups is 1. The first-order chi connectivity index (χ1) is 14.9. The van der Waals surface area contributed by atoms with E-state index in [1.54, 1.807) is 10.8 Å². The number of anilines is 2. The van der Waals surface area contributed by atoms with Crippen LogP contribution in [-0.2, 0) is 4.79 Å². The number of carbonyl (C=O) groups excluding carboxylic acids is 1. The monoisotopic (exact) mass is 425 g/mol.